The van der Waals surface area contributed by atoms with Crippen molar-refractivity contribution in [1.29, 1.82) is 0 Å². The van der Waals surface area contributed by atoms with Gasteiger partial charge >= 0.3 is 6.18 Å². The molecule has 0 unspecified atom stereocenters. The first-order valence-corrected chi connectivity index (χ1v) is 16.2. The zero-order chi connectivity index (χ0) is 34.2. The number of nitrogens with one attached hydrogen (secondary N) is 2. The van der Waals surface area contributed by atoms with Crippen molar-refractivity contribution in [2.24, 2.45) is 0 Å². The monoisotopic (exact) mass is 689 g/mol. The minimum Gasteiger partial charge on any atom is -0.367 e. The molecule has 0 radical (unpaired) electrons. The number of fused-ring (bicyclic) bond motifs is 1. The highest BCUT2D eigenvalue weighted by Gasteiger charge is 2.45. The number of thiazole rings is 1. The molecule has 16 heteroatoms. The van der Waals surface area contributed by atoms with E-state index in [4.69, 9.17) is 4.74 Å². The molecule has 5 aromatic rings. The molecule has 2 aliphatic rings. The van der Waals surface area contributed by atoms with Crippen molar-refractivity contribution in [3.8, 4) is 22.0 Å². The Hall–Kier alpha value is -5.06. The highest BCUT2D eigenvalue weighted by molar-refractivity contribution is 7.16. The molecule has 1 aromatic carbocycles. The number of carbonyl (C=O) groups excluding carboxylic acids is 2. The number of nitrogens with zero attached hydrogens (tertiary/aromatic N) is 7. The number of benzene rings is 1. The van der Waals surface area contributed by atoms with Crippen molar-refractivity contribution in [2.45, 2.75) is 24.6 Å². The third kappa shape index (κ3) is 6.66. The molecule has 4 aromatic heterocycles. The molecule has 6 heterocycles. The number of amides is 2. The van der Waals surface area contributed by atoms with Crippen LogP contribution < -0.4 is 5.32 Å². The molecule has 1 atom stereocenters. The first-order chi connectivity index (χ1) is 23.6. The topological polar surface area (TPSA) is 142 Å². The normalized spacial score (nSPS) is 18.5. The lowest BCUT2D eigenvalue weighted by Gasteiger charge is -2.29. The molecular formula is C33H30F3N9O3S. The molecule has 0 bridgehead atoms. The highest BCUT2D eigenvalue weighted by atomic mass is 32.1. The van der Waals surface area contributed by atoms with Crippen LogP contribution >= 0.6 is 11.3 Å². The summed E-state index contributed by atoms with van der Waals surface area (Å²) in [6.45, 7) is 1.87. The van der Waals surface area contributed by atoms with E-state index in [-0.39, 0.29) is 30.5 Å². The number of alkyl halides is 3. The number of likely N-dealkylation sites (tertiary alicyclic amines) is 1. The van der Waals surface area contributed by atoms with Crippen molar-refractivity contribution in [2.75, 3.05) is 45.2 Å². The average Bonchev–Trinajstić information content (AvgIpc) is 3.88. The number of anilines is 1. The van der Waals surface area contributed by atoms with Gasteiger partial charge in [-0.2, -0.15) is 18.3 Å². The van der Waals surface area contributed by atoms with Gasteiger partial charge in [-0.05, 0) is 54.8 Å². The maximum absolute atomic E-state index is 13.6. The summed E-state index contributed by atoms with van der Waals surface area (Å²) in [6, 6.07) is 9.17. The Labute approximate surface area is 282 Å². The standard InChI is InChI=1S/C33H30F3N9O3S/c1-48-32(31(47)41-22-3-4-24-23(16-22)28(43-42-24)21-5-11-37-26(15-21)33(34,35)36)8-14-44(19-32)18-27(46)45-12-6-20(7-13-45)30-40-17-25(49-30)29-38-9-2-10-39-29/h2-6,9-11,15-17H,7-8,12-14,18-19H2,1H3,(H,41,47)(H,42,43)/t32-/m0/s1. The van der Waals surface area contributed by atoms with E-state index >= 15 is 0 Å². The van der Waals surface area contributed by atoms with E-state index in [9.17, 15) is 22.8 Å². The van der Waals surface area contributed by atoms with Crippen molar-refractivity contribution in [3.05, 3.63) is 78.0 Å². The molecule has 7 rings (SSSR count). The molecule has 49 heavy (non-hydrogen) atoms. The van der Waals surface area contributed by atoms with E-state index < -0.39 is 17.5 Å². The Morgan fingerprint density at radius 1 is 1.08 bits per heavy atom. The van der Waals surface area contributed by atoms with Gasteiger partial charge < -0.3 is 15.0 Å². The second kappa shape index (κ2) is 13.1. The average molecular weight is 690 g/mol. The number of carbonyl (C=O) groups is 2. The van der Waals surface area contributed by atoms with E-state index in [1.807, 2.05) is 11.0 Å². The van der Waals surface area contributed by atoms with Gasteiger partial charge in [-0.1, -0.05) is 6.08 Å². The second-order valence-corrected chi connectivity index (χ2v) is 12.8. The van der Waals surface area contributed by atoms with Crippen molar-refractivity contribution in [1.82, 2.24) is 39.9 Å². The molecule has 252 valence electrons. The van der Waals surface area contributed by atoms with Gasteiger partial charge in [0.2, 0.25) is 5.91 Å². The summed E-state index contributed by atoms with van der Waals surface area (Å²) in [4.78, 5) is 48.0. The molecule has 0 saturated carbocycles. The van der Waals surface area contributed by atoms with Crippen molar-refractivity contribution >= 4 is 45.3 Å². The number of rotatable bonds is 8. The van der Waals surface area contributed by atoms with Crippen LogP contribution in [-0.2, 0) is 20.5 Å². The first-order valence-electron chi connectivity index (χ1n) is 15.4. The minimum absolute atomic E-state index is 0.0390. The summed E-state index contributed by atoms with van der Waals surface area (Å²) in [5, 5.41) is 11.4. The lowest BCUT2D eigenvalue weighted by Crippen LogP contribution is -2.48. The zero-order valence-electron chi connectivity index (χ0n) is 26.2. The van der Waals surface area contributed by atoms with Gasteiger partial charge in [0.05, 0.1) is 16.9 Å². The van der Waals surface area contributed by atoms with Crippen LogP contribution in [0, 0.1) is 0 Å². The van der Waals surface area contributed by atoms with Gasteiger partial charge in [-0.25, -0.2) is 15.0 Å². The third-order valence-electron chi connectivity index (χ3n) is 8.75. The van der Waals surface area contributed by atoms with Gasteiger partial charge in [0, 0.05) is 74.7 Å². The van der Waals surface area contributed by atoms with Gasteiger partial charge in [0.25, 0.3) is 5.91 Å². The van der Waals surface area contributed by atoms with E-state index in [1.165, 1.54) is 24.5 Å². The van der Waals surface area contributed by atoms with Crippen molar-refractivity contribution in [3.63, 3.8) is 0 Å². The van der Waals surface area contributed by atoms with Crippen molar-refractivity contribution < 1.29 is 27.5 Å². The Bertz CT molecular complexity index is 2050. The highest BCUT2D eigenvalue weighted by Crippen LogP contribution is 2.34. The summed E-state index contributed by atoms with van der Waals surface area (Å²) >= 11 is 1.52. The maximum Gasteiger partial charge on any atom is 0.433 e. The number of halogens is 3. The summed E-state index contributed by atoms with van der Waals surface area (Å²) < 4.78 is 45.6. The van der Waals surface area contributed by atoms with Gasteiger partial charge in [0.15, 0.2) is 11.4 Å². The van der Waals surface area contributed by atoms with Crippen LogP contribution in [-0.4, -0.2) is 97.2 Å². The quantitative estimate of drug-likeness (QED) is 0.233. The van der Waals surface area contributed by atoms with Gasteiger partial charge in [0.1, 0.15) is 16.4 Å². The second-order valence-electron chi connectivity index (χ2n) is 11.8. The van der Waals surface area contributed by atoms with E-state index in [2.05, 4.69) is 35.5 Å². The smallest absolute Gasteiger partial charge is 0.367 e. The molecule has 2 N–H and O–H groups in total. The number of pyridine rings is 1. The third-order valence-corrected chi connectivity index (χ3v) is 9.82. The van der Waals surface area contributed by atoms with E-state index in [1.54, 1.807) is 47.8 Å². The van der Waals surface area contributed by atoms with Crippen LogP contribution in [0.5, 0.6) is 0 Å². The number of methoxy groups -OCH3 is 1. The maximum atomic E-state index is 13.6. The number of hydrogen-bond acceptors (Lipinski definition) is 10. The van der Waals surface area contributed by atoms with Crippen LogP contribution in [0.1, 0.15) is 23.5 Å². The Morgan fingerprint density at radius 2 is 1.92 bits per heavy atom. The SMILES string of the molecule is CO[C@@]1(C(=O)Nc2ccc3[nH]nc(-c4ccnc(C(F)(F)F)c4)c3c2)CCN(CC(=O)N2CC=C(c3ncc(-c4ncccn4)s3)CC2)C1. The lowest BCUT2D eigenvalue weighted by molar-refractivity contribution is -0.141. The molecule has 1 saturated heterocycles. The largest absolute Gasteiger partial charge is 0.433 e. The molecule has 1 fully saturated rings. The van der Waals surface area contributed by atoms with Crippen LogP contribution in [0.25, 0.3) is 38.4 Å². The van der Waals surface area contributed by atoms with Crippen LogP contribution in [0.4, 0.5) is 18.9 Å². The fraction of sp³-hybridized carbons (Fsp3) is 0.303. The van der Waals surface area contributed by atoms with Crippen LogP contribution in [0.2, 0.25) is 0 Å². The Kier molecular flexibility index (Phi) is 8.68. The molecule has 2 aliphatic heterocycles. The Morgan fingerprint density at radius 3 is 2.67 bits per heavy atom. The molecule has 12 nitrogen and oxygen atoms in total. The number of H-pyrrole nitrogens is 1. The molecule has 0 aliphatic carbocycles. The molecular weight excluding hydrogens is 659 g/mol. The predicted molar refractivity (Wildman–Crippen MR) is 176 cm³/mol. The number of ether oxygens (including phenoxy) is 1. The molecule has 0 spiro atoms. The van der Waals surface area contributed by atoms with Gasteiger partial charge in [-0.15, -0.1) is 11.3 Å². The fourth-order valence-electron chi connectivity index (χ4n) is 6.06. The van der Waals surface area contributed by atoms with E-state index in [0.29, 0.717) is 60.6 Å². The fourth-order valence-corrected chi connectivity index (χ4v) is 6.99. The summed E-state index contributed by atoms with van der Waals surface area (Å²) in [6.07, 6.45) is 4.72. The Balaban J connectivity index is 0.979. The summed E-state index contributed by atoms with van der Waals surface area (Å²) in [5.74, 6) is 0.209. The number of aromatic nitrogens is 6. The first kappa shape index (κ1) is 32.5. The van der Waals surface area contributed by atoms with Crippen LogP contribution in [0.15, 0.2) is 67.3 Å². The zero-order valence-corrected chi connectivity index (χ0v) is 27.0. The minimum atomic E-state index is -4.60. The number of aromatic amines is 1. The lowest BCUT2D eigenvalue weighted by atomic mass is 10.0. The van der Waals surface area contributed by atoms with Crippen LogP contribution in [0.3, 0.4) is 0 Å². The predicted octanol–water partition coefficient (Wildman–Crippen LogP) is 4.90. The summed E-state index contributed by atoms with van der Waals surface area (Å²) in [7, 11) is 1.47. The van der Waals surface area contributed by atoms with Gasteiger partial charge in [-0.3, -0.25) is 24.6 Å². The van der Waals surface area contributed by atoms with E-state index in [0.717, 1.165) is 27.7 Å². The summed E-state index contributed by atoms with van der Waals surface area (Å²) in [5.41, 5.74) is 0.407. The number of hydrogen-bond donors (Lipinski definition) is 2. The molecule has 2 amide bonds.